The summed E-state index contributed by atoms with van der Waals surface area (Å²) in [6, 6.07) is 5.06. The molecule has 0 saturated heterocycles. The number of aromatic amines is 1. The number of carboxylic acids is 1. The van der Waals surface area contributed by atoms with E-state index in [0.717, 1.165) is 0 Å². The fourth-order valence-corrected chi connectivity index (χ4v) is 2.83. The van der Waals surface area contributed by atoms with Gasteiger partial charge in [0.1, 0.15) is 17.5 Å². The van der Waals surface area contributed by atoms with Crippen molar-refractivity contribution in [1.29, 1.82) is 0 Å². The van der Waals surface area contributed by atoms with Crippen LogP contribution in [-0.2, 0) is 4.79 Å². The van der Waals surface area contributed by atoms with E-state index in [2.05, 4.69) is 47.5 Å². The van der Waals surface area contributed by atoms with Gasteiger partial charge in [0.2, 0.25) is 0 Å². The van der Waals surface area contributed by atoms with E-state index in [1.54, 1.807) is 6.07 Å². The minimum atomic E-state index is -1.14. The molecule has 2 rings (SSSR count). The van der Waals surface area contributed by atoms with Gasteiger partial charge in [-0.2, -0.15) is 0 Å². The average Bonchev–Trinajstić information content (AvgIpc) is 2.94. The Morgan fingerprint density at radius 2 is 1.79 bits per heavy atom. The molecule has 0 saturated carbocycles. The van der Waals surface area contributed by atoms with E-state index < -0.39 is 23.8 Å². The van der Waals surface area contributed by atoms with Crippen LogP contribution < -0.4 is 15.4 Å². The van der Waals surface area contributed by atoms with Crippen LogP contribution >= 0.6 is 31.9 Å². The number of rotatable bonds is 7. The van der Waals surface area contributed by atoms with Gasteiger partial charge in [-0.1, -0.05) is 0 Å². The zero-order valence-corrected chi connectivity index (χ0v) is 18.5. The summed E-state index contributed by atoms with van der Waals surface area (Å²) < 4.78 is 7.05. The molecule has 1 heterocycles. The minimum absolute atomic E-state index is 0.208. The van der Waals surface area contributed by atoms with E-state index in [-0.39, 0.29) is 11.7 Å². The van der Waals surface area contributed by atoms with Gasteiger partial charge >= 0.3 is 5.97 Å². The molecular weight excluding hydrogens is 498 g/mol. The van der Waals surface area contributed by atoms with E-state index in [9.17, 15) is 14.4 Å². The molecule has 0 fully saturated rings. The fraction of sp³-hybridized carbons (Fsp3) is 0.278. The number of ether oxygens (including phenoxy) is 1. The van der Waals surface area contributed by atoms with Crippen molar-refractivity contribution >= 4 is 55.3 Å². The third-order valence-electron chi connectivity index (χ3n) is 3.54. The molecule has 0 bridgehead atoms. The molecule has 2 amide bonds. The maximum atomic E-state index is 12.5. The van der Waals surface area contributed by atoms with Gasteiger partial charge in [-0.15, -0.1) is 0 Å². The van der Waals surface area contributed by atoms with Crippen LogP contribution in [-0.4, -0.2) is 40.0 Å². The maximum Gasteiger partial charge on any atom is 0.325 e. The molecule has 0 unspecified atom stereocenters. The first kappa shape index (κ1) is 22.0. The van der Waals surface area contributed by atoms with E-state index in [0.29, 0.717) is 26.2 Å². The summed E-state index contributed by atoms with van der Waals surface area (Å²) in [5, 5.41) is 14.0. The van der Waals surface area contributed by atoms with Crippen molar-refractivity contribution in [2.24, 2.45) is 0 Å². The first-order valence-electron chi connectivity index (χ1n) is 8.28. The third kappa shape index (κ3) is 5.59. The van der Waals surface area contributed by atoms with Crippen LogP contribution in [0.25, 0.3) is 0 Å². The predicted molar refractivity (Wildman–Crippen MR) is 111 cm³/mol. The Hall–Kier alpha value is -2.33. The molecule has 10 heteroatoms. The molecule has 0 spiro atoms. The average molecular weight is 517 g/mol. The summed E-state index contributed by atoms with van der Waals surface area (Å²) in [4.78, 5) is 38.5. The van der Waals surface area contributed by atoms with Gasteiger partial charge in [0.05, 0.1) is 20.9 Å². The number of carbonyl (C=O) groups is 3. The van der Waals surface area contributed by atoms with Gasteiger partial charge < -0.3 is 25.5 Å². The van der Waals surface area contributed by atoms with Crippen LogP contribution in [0.2, 0.25) is 0 Å². The number of H-pyrrole nitrogens is 1. The predicted octanol–water partition coefficient (Wildman–Crippen LogP) is 3.78. The molecule has 8 nitrogen and oxygen atoms in total. The Balaban J connectivity index is 2.27. The number of halogens is 2. The topological polar surface area (TPSA) is 121 Å². The van der Waals surface area contributed by atoms with Crippen LogP contribution in [0, 0.1) is 0 Å². The van der Waals surface area contributed by atoms with Crippen LogP contribution in [0.15, 0.2) is 33.3 Å². The standard InChI is InChI=1S/C18H19Br2N3O5/c1-8(2)28-14-6-10(16(24)21-9(3)18(26)27)4-5-12(14)23-17(25)13-7-11(19)15(20)22-13/h4-9,22H,1-3H3,(H,21,24)(H,23,25)(H,26,27)/t9-/m0/s1. The van der Waals surface area contributed by atoms with Crippen molar-refractivity contribution in [2.75, 3.05) is 5.32 Å². The number of hydrogen-bond donors (Lipinski definition) is 4. The second-order valence-electron chi connectivity index (χ2n) is 6.21. The molecule has 150 valence electrons. The zero-order valence-electron chi connectivity index (χ0n) is 15.3. The number of hydrogen-bond acceptors (Lipinski definition) is 4. The van der Waals surface area contributed by atoms with Crippen molar-refractivity contribution in [3.63, 3.8) is 0 Å². The lowest BCUT2D eigenvalue weighted by molar-refractivity contribution is -0.138. The van der Waals surface area contributed by atoms with Gasteiger partial charge in [-0.05, 0) is 76.9 Å². The zero-order chi connectivity index (χ0) is 21.0. The summed E-state index contributed by atoms with van der Waals surface area (Å²) in [6.45, 7) is 4.99. The fourth-order valence-electron chi connectivity index (χ4n) is 2.18. The second kappa shape index (κ2) is 9.24. The van der Waals surface area contributed by atoms with Gasteiger partial charge in [0.15, 0.2) is 0 Å². The van der Waals surface area contributed by atoms with Gasteiger partial charge in [0, 0.05) is 5.56 Å². The summed E-state index contributed by atoms with van der Waals surface area (Å²) in [7, 11) is 0. The Morgan fingerprint density at radius 1 is 1.11 bits per heavy atom. The van der Waals surface area contributed by atoms with Crippen LogP contribution in [0.3, 0.4) is 0 Å². The minimum Gasteiger partial charge on any atom is -0.489 e. The lowest BCUT2D eigenvalue weighted by Gasteiger charge is -2.16. The van der Waals surface area contributed by atoms with Crippen molar-refractivity contribution in [1.82, 2.24) is 10.3 Å². The number of benzene rings is 1. The van der Waals surface area contributed by atoms with Crippen molar-refractivity contribution in [3.8, 4) is 5.75 Å². The number of nitrogens with one attached hydrogen (secondary N) is 3. The van der Waals surface area contributed by atoms with Gasteiger partial charge in [-0.25, -0.2) is 0 Å². The van der Waals surface area contributed by atoms with E-state index in [1.807, 2.05) is 13.8 Å². The first-order valence-corrected chi connectivity index (χ1v) is 9.86. The molecule has 0 aliphatic heterocycles. The maximum absolute atomic E-state index is 12.5. The molecule has 4 N–H and O–H groups in total. The Morgan fingerprint density at radius 3 is 2.32 bits per heavy atom. The van der Waals surface area contributed by atoms with Crippen LogP contribution in [0.1, 0.15) is 41.6 Å². The molecule has 1 aromatic carbocycles. The summed E-state index contributed by atoms with van der Waals surface area (Å²) in [5.41, 5.74) is 0.918. The Kier molecular flexibility index (Phi) is 7.25. The summed E-state index contributed by atoms with van der Waals surface area (Å²) >= 11 is 6.58. The number of aliphatic carboxylic acids is 1. The van der Waals surface area contributed by atoms with Crippen LogP contribution in [0.4, 0.5) is 5.69 Å². The van der Waals surface area contributed by atoms with Gasteiger partial charge in [0.25, 0.3) is 11.8 Å². The van der Waals surface area contributed by atoms with Crippen molar-refractivity contribution < 1.29 is 24.2 Å². The summed E-state index contributed by atoms with van der Waals surface area (Å²) in [6.07, 6.45) is -0.208. The van der Waals surface area contributed by atoms with E-state index in [4.69, 9.17) is 9.84 Å². The highest BCUT2D eigenvalue weighted by Gasteiger charge is 2.19. The summed E-state index contributed by atoms with van der Waals surface area (Å²) in [5.74, 6) is -1.79. The second-order valence-corrected chi connectivity index (χ2v) is 7.86. The molecule has 0 aliphatic rings. The van der Waals surface area contributed by atoms with Crippen molar-refractivity contribution in [3.05, 3.63) is 44.6 Å². The van der Waals surface area contributed by atoms with Crippen LogP contribution in [0.5, 0.6) is 5.75 Å². The number of amides is 2. The Bertz CT molecular complexity index is 891. The first-order chi connectivity index (χ1) is 13.1. The lowest BCUT2D eigenvalue weighted by Crippen LogP contribution is -2.38. The number of aromatic nitrogens is 1. The molecule has 0 aliphatic carbocycles. The molecular formula is C18H19Br2N3O5. The molecule has 1 atom stereocenters. The largest absolute Gasteiger partial charge is 0.489 e. The quantitative estimate of drug-likeness (QED) is 0.446. The lowest BCUT2D eigenvalue weighted by atomic mass is 10.1. The molecule has 1 aromatic heterocycles. The number of anilines is 1. The normalized spacial score (nSPS) is 11.8. The molecule has 28 heavy (non-hydrogen) atoms. The number of carboxylic acid groups (broad SMARTS) is 1. The highest BCUT2D eigenvalue weighted by molar-refractivity contribution is 9.13. The molecule has 2 aromatic rings. The number of carbonyl (C=O) groups excluding carboxylic acids is 2. The Labute approximate surface area is 178 Å². The van der Waals surface area contributed by atoms with Crippen molar-refractivity contribution in [2.45, 2.75) is 32.9 Å². The van der Waals surface area contributed by atoms with E-state index in [1.165, 1.54) is 25.1 Å². The molecule has 0 radical (unpaired) electrons. The highest BCUT2D eigenvalue weighted by atomic mass is 79.9. The van der Waals surface area contributed by atoms with E-state index >= 15 is 0 Å². The SMILES string of the molecule is CC(C)Oc1cc(C(=O)N[C@@H](C)C(=O)O)ccc1NC(=O)c1cc(Br)c(Br)[nH]1. The third-order valence-corrected chi connectivity index (χ3v) is 5.33. The monoisotopic (exact) mass is 515 g/mol. The highest BCUT2D eigenvalue weighted by Crippen LogP contribution is 2.29. The smallest absolute Gasteiger partial charge is 0.325 e. The van der Waals surface area contributed by atoms with Gasteiger partial charge in [-0.3, -0.25) is 14.4 Å².